The van der Waals surface area contributed by atoms with Gasteiger partial charge in [-0.25, -0.2) is 0 Å². The first kappa shape index (κ1) is 16.0. The minimum Gasteiger partial charge on any atom is -0.324 e. The molecule has 0 radical (unpaired) electrons. The van der Waals surface area contributed by atoms with Gasteiger partial charge in [-0.2, -0.15) is 0 Å². The fourth-order valence-electron chi connectivity index (χ4n) is 3.19. The molecule has 21 heavy (non-hydrogen) atoms. The molecule has 1 fully saturated rings. The lowest BCUT2D eigenvalue weighted by Crippen LogP contribution is -2.48. The first-order valence-electron chi connectivity index (χ1n) is 7.35. The number of halogens is 1. The molecule has 0 aromatic heterocycles. The number of amides is 1. The Hall–Kier alpha value is -1.39. The summed E-state index contributed by atoms with van der Waals surface area (Å²) in [4.78, 5) is 24.2. The molecule has 5 heteroatoms. The van der Waals surface area contributed by atoms with Crippen LogP contribution in [-0.4, -0.2) is 17.2 Å². The summed E-state index contributed by atoms with van der Waals surface area (Å²) in [5.74, 6) is 0.0453. The number of anilines is 1. The van der Waals surface area contributed by atoms with Gasteiger partial charge in [0.2, 0.25) is 5.91 Å². The molecule has 0 saturated heterocycles. The third-order valence-electron chi connectivity index (χ3n) is 4.47. The summed E-state index contributed by atoms with van der Waals surface area (Å²) in [5.41, 5.74) is 7.92. The van der Waals surface area contributed by atoms with E-state index >= 15 is 0 Å². The van der Waals surface area contributed by atoms with Gasteiger partial charge in [-0.1, -0.05) is 18.9 Å². The summed E-state index contributed by atoms with van der Waals surface area (Å²) in [6, 6.07) is 5.61. The largest absolute Gasteiger partial charge is 0.324 e. The van der Waals surface area contributed by atoms with Crippen LogP contribution in [0.3, 0.4) is 0 Å². The summed E-state index contributed by atoms with van der Waals surface area (Å²) in [7, 11) is 0. The molecule has 3 N–H and O–H groups in total. The summed E-state index contributed by atoms with van der Waals surface area (Å²) in [5, 5.41) is 2.88. The van der Waals surface area contributed by atoms with Crippen LogP contribution in [-0.2, 0) is 11.2 Å². The van der Waals surface area contributed by atoms with E-state index < -0.39 is 5.54 Å². The molecule has 0 aliphatic heterocycles. The fraction of sp³-hybridized carbons (Fsp3) is 0.500. The van der Waals surface area contributed by atoms with E-state index in [0.717, 1.165) is 49.7 Å². The van der Waals surface area contributed by atoms with E-state index in [1.807, 2.05) is 12.1 Å². The molecule has 3 rings (SSSR count). The fourth-order valence-corrected chi connectivity index (χ4v) is 3.19. The van der Waals surface area contributed by atoms with Crippen molar-refractivity contribution in [1.29, 1.82) is 0 Å². The van der Waals surface area contributed by atoms with Crippen molar-refractivity contribution in [3.63, 3.8) is 0 Å². The number of aryl methyl sites for hydroxylation is 1. The average molecular weight is 309 g/mol. The topological polar surface area (TPSA) is 72.2 Å². The zero-order valence-electron chi connectivity index (χ0n) is 12.0. The van der Waals surface area contributed by atoms with E-state index in [1.165, 1.54) is 0 Å². The van der Waals surface area contributed by atoms with E-state index in [9.17, 15) is 9.59 Å². The molecule has 0 heterocycles. The number of nitrogens with two attached hydrogens (primary N) is 1. The summed E-state index contributed by atoms with van der Waals surface area (Å²) < 4.78 is 0. The monoisotopic (exact) mass is 308 g/mol. The van der Waals surface area contributed by atoms with Gasteiger partial charge < -0.3 is 11.1 Å². The van der Waals surface area contributed by atoms with E-state index in [0.29, 0.717) is 12.1 Å². The highest BCUT2D eigenvalue weighted by atomic mass is 35.5. The second kappa shape index (κ2) is 6.16. The predicted octanol–water partition coefficient (Wildman–Crippen LogP) is 2.84. The summed E-state index contributed by atoms with van der Waals surface area (Å²) in [6.07, 6.45) is 5.95. The minimum absolute atomic E-state index is 0. The smallest absolute Gasteiger partial charge is 0.244 e. The van der Waals surface area contributed by atoms with Crippen LogP contribution in [0.1, 0.15) is 54.4 Å². The number of benzene rings is 1. The number of nitrogens with one attached hydrogen (secondary N) is 1. The van der Waals surface area contributed by atoms with Gasteiger partial charge in [0.25, 0.3) is 0 Å². The lowest BCUT2D eigenvalue weighted by molar-refractivity contribution is -0.121. The van der Waals surface area contributed by atoms with Crippen molar-refractivity contribution in [3.05, 3.63) is 29.3 Å². The van der Waals surface area contributed by atoms with Crippen LogP contribution in [0, 0.1) is 0 Å². The Balaban J connectivity index is 0.00000161. The van der Waals surface area contributed by atoms with Crippen LogP contribution < -0.4 is 11.1 Å². The van der Waals surface area contributed by atoms with Crippen molar-refractivity contribution in [2.75, 3.05) is 5.32 Å². The second-order valence-corrected chi connectivity index (χ2v) is 5.97. The number of carbonyl (C=O) groups excluding carboxylic acids is 2. The molecule has 0 spiro atoms. The number of ketones is 1. The van der Waals surface area contributed by atoms with E-state index in [4.69, 9.17) is 5.73 Å². The van der Waals surface area contributed by atoms with Crippen LogP contribution in [0.5, 0.6) is 0 Å². The van der Waals surface area contributed by atoms with Crippen LogP contribution in [0.25, 0.3) is 0 Å². The van der Waals surface area contributed by atoms with Crippen molar-refractivity contribution in [2.24, 2.45) is 5.73 Å². The van der Waals surface area contributed by atoms with Crippen molar-refractivity contribution >= 4 is 29.8 Å². The van der Waals surface area contributed by atoms with E-state index in [-0.39, 0.29) is 24.1 Å². The Kier molecular flexibility index (Phi) is 4.69. The molecule has 1 saturated carbocycles. The second-order valence-electron chi connectivity index (χ2n) is 5.97. The molecule has 1 aromatic carbocycles. The van der Waals surface area contributed by atoms with Gasteiger partial charge in [0.1, 0.15) is 0 Å². The molecule has 114 valence electrons. The third kappa shape index (κ3) is 3.11. The average Bonchev–Trinajstić information content (AvgIpc) is 2.88. The van der Waals surface area contributed by atoms with Crippen molar-refractivity contribution in [2.45, 2.75) is 50.5 Å². The van der Waals surface area contributed by atoms with Crippen molar-refractivity contribution in [1.82, 2.24) is 0 Å². The third-order valence-corrected chi connectivity index (χ3v) is 4.47. The molecule has 0 atom stereocenters. The van der Waals surface area contributed by atoms with Gasteiger partial charge in [0.05, 0.1) is 5.54 Å². The minimum atomic E-state index is -0.736. The van der Waals surface area contributed by atoms with Crippen molar-refractivity contribution < 1.29 is 9.59 Å². The molecule has 0 bridgehead atoms. The number of rotatable bonds is 2. The van der Waals surface area contributed by atoms with Gasteiger partial charge in [-0.15, -0.1) is 12.4 Å². The van der Waals surface area contributed by atoms with E-state index in [1.54, 1.807) is 6.07 Å². The standard InChI is InChI=1S/C16H20N2O2.ClH/c17-16(8-1-2-9-16)15(20)18-12-7-6-11-4-3-5-14(19)13(11)10-12;/h6-7,10H,1-5,8-9,17H2,(H,18,20);1H. The molecular weight excluding hydrogens is 288 g/mol. The number of hydrogen-bond acceptors (Lipinski definition) is 3. The first-order valence-corrected chi connectivity index (χ1v) is 7.35. The molecule has 1 aromatic rings. The summed E-state index contributed by atoms with van der Waals surface area (Å²) in [6.45, 7) is 0. The van der Waals surface area contributed by atoms with Crippen LogP contribution in [0.2, 0.25) is 0 Å². The SMILES string of the molecule is Cl.NC1(C(=O)Nc2ccc3c(c2)C(=O)CCC3)CCCC1. The number of carbonyl (C=O) groups is 2. The summed E-state index contributed by atoms with van der Waals surface area (Å²) >= 11 is 0. The van der Waals surface area contributed by atoms with Gasteiger partial charge in [-0.05, 0) is 43.4 Å². The lowest BCUT2D eigenvalue weighted by Gasteiger charge is -2.23. The van der Waals surface area contributed by atoms with Crippen LogP contribution >= 0.6 is 12.4 Å². The van der Waals surface area contributed by atoms with Gasteiger partial charge in [0, 0.05) is 17.7 Å². The number of fused-ring (bicyclic) bond motifs is 1. The van der Waals surface area contributed by atoms with Gasteiger partial charge in [-0.3, -0.25) is 9.59 Å². The Morgan fingerprint density at radius 2 is 1.86 bits per heavy atom. The lowest BCUT2D eigenvalue weighted by atomic mass is 9.90. The number of hydrogen-bond donors (Lipinski definition) is 2. The number of Topliss-reactive ketones (excluding diaryl/α,β-unsaturated/α-hetero) is 1. The Morgan fingerprint density at radius 3 is 2.57 bits per heavy atom. The predicted molar refractivity (Wildman–Crippen MR) is 85.0 cm³/mol. The van der Waals surface area contributed by atoms with Crippen LogP contribution in [0.4, 0.5) is 5.69 Å². The quantitative estimate of drug-likeness (QED) is 0.882. The Labute approximate surface area is 130 Å². The van der Waals surface area contributed by atoms with Gasteiger partial charge in [0.15, 0.2) is 5.78 Å². The molecule has 2 aliphatic rings. The molecule has 2 aliphatic carbocycles. The van der Waals surface area contributed by atoms with Gasteiger partial charge >= 0.3 is 0 Å². The maximum atomic E-state index is 12.3. The highest BCUT2D eigenvalue weighted by Gasteiger charge is 2.37. The maximum Gasteiger partial charge on any atom is 0.244 e. The first-order chi connectivity index (χ1) is 9.58. The zero-order chi connectivity index (χ0) is 14.2. The Bertz CT molecular complexity index is 565. The molecular formula is C16H21ClN2O2. The molecule has 4 nitrogen and oxygen atoms in total. The van der Waals surface area contributed by atoms with Crippen LogP contribution in [0.15, 0.2) is 18.2 Å². The Morgan fingerprint density at radius 1 is 1.14 bits per heavy atom. The normalized spacial score (nSPS) is 19.6. The van der Waals surface area contributed by atoms with E-state index in [2.05, 4.69) is 5.32 Å². The molecule has 1 amide bonds. The maximum absolute atomic E-state index is 12.3. The highest BCUT2D eigenvalue weighted by molar-refractivity contribution is 6.02. The van der Waals surface area contributed by atoms with Crippen molar-refractivity contribution in [3.8, 4) is 0 Å². The molecule has 0 unspecified atom stereocenters. The zero-order valence-corrected chi connectivity index (χ0v) is 12.8. The highest BCUT2D eigenvalue weighted by Crippen LogP contribution is 2.29.